The largest absolute Gasteiger partial charge is 0.396 e. The Morgan fingerprint density at radius 3 is 2.53 bits per heavy atom. The molecule has 0 radical (unpaired) electrons. The third kappa shape index (κ3) is 5.56. The lowest BCUT2D eigenvalue weighted by Gasteiger charge is -2.37. The van der Waals surface area contributed by atoms with Gasteiger partial charge in [0.15, 0.2) is 0 Å². The van der Waals surface area contributed by atoms with Crippen molar-refractivity contribution in [3.63, 3.8) is 0 Å². The molecule has 5 rings (SSSR count). The van der Waals surface area contributed by atoms with Crippen LogP contribution in [-0.2, 0) is 19.1 Å². The number of benzene rings is 2. The second-order valence-corrected chi connectivity index (χ2v) is 13.0. The molecule has 3 aliphatic heterocycles. The van der Waals surface area contributed by atoms with Crippen LogP contribution in [0, 0.1) is 11.8 Å². The molecule has 3 saturated heterocycles. The highest BCUT2D eigenvalue weighted by Crippen LogP contribution is 2.60. The lowest BCUT2D eigenvalue weighted by atomic mass is 9.70. The first-order chi connectivity index (χ1) is 20.8. The fourth-order valence-corrected chi connectivity index (χ4v) is 8.32. The van der Waals surface area contributed by atoms with Gasteiger partial charge in [-0.2, -0.15) is 0 Å². The van der Waals surface area contributed by atoms with E-state index in [4.69, 9.17) is 4.74 Å². The second kappa shape index (κ2) is 13.3. The predicted octanol–water partition coefficient (Wildman–Crippen LogP) is 4.69. The number of aliphatic hydroxyl groups is 1. The summed E-state index contributed by atoms with van der Waals surface area (Å²) in [4.78, 5) is 48.2. The van der Waals surface area contributed by atoms with Gasteiger partial charge in [-0.3, -0.25) is 14.4 Å². The number of amides is 3. The van der Waals surface area contributed by atoms with Gasteiger partial charge in [0.25, 0.3) is 5.91 Å². The number of carbonyl (C=O) groups excluding carboxylic acids is 3. The van der Waals surface area contributed by atoms with Gasteiger partial charge in [-0.25, -0.2) is 0 Å². The Bertz CT molecular complexity index is 1380. The van der Waals surface area contributed by atoms with Crippen molar-refractivity contribution in [3.05, 3.63) is 67.8 Å². The highest BCUT2D eigenvalue weighted by Gasteiger charge is 2.76. The maximum Gasteiger partial charge on any atom is 0.253 e. The molecule has 3 fully saturated rings. The first-order valence-corrected chi connectivity index (χ1v) is 16.3. The van der Waals surface area contributed by atoms with Crippen molar-refractivity contribution >= 4 is 50.1 Å². The second-order valence-electron chi connectivity index (χ2n) is 11.8. The molecule has 2 bridgehead atoms. The van der Waals surface area contributed by atoms with E-state index in [1.807, 2.05) is 49.4 Å². The Kier molecular flexibility index (Phi) is 9.73. The van der Waals surface area contributed by atoms with E-state index in [9.17, 15) is 19.5 Å². The van der Waals surface area contributed by atoms with Crippen LogP contribution in [0.25, 0.3) is 10.8 Å². The Morgan fingerprint density at radius 2 is 1.84 bits per heavy atom. The molecular weight excluding hydrogens is 610 g/mol. The van der Waals surface area contributed by atoms with E-state index >= 15 is 0 Å². The van der Waals surface area contributed by atoms with Gasteiger partial charge in [-0.05, 0) is 55.0 Å². The summed E-state index contributed by atoms with van der Waals surface area (Å²) in [6.07, 6.45) is 6.09. The summed E-state index contributed by atoms with van der Waals surface area (Å²) in [5.74, 6) is -2.00. The number of ether oxygens (including phenoxy) is 1. The van der Waals surface area contributed by atoms with Crippen LogP contribution in [0.3, 0.4) is 0 Å². The number of likely N-dealkylation sites (tertiary alicyclic amines) is 1. The zero-order valence-electron chi connectivity index (χ0n) is 24.9. The summed E-state index contributed by atoms with van der Waals surface area (Å²) >= 11 is 3.78. The molecule has 43 heavy (non-hydrogen) atoms. The minimum atomic E-state index is -1.13. The van der Waals surface area contributed by atoms with Gasteiger partial charge in [0.1, 0.15) is 11.6 Å². The van der Waals surface area contributed by atoms with Gasteiger partial charge in [0.2, 0.25) is 11.8 Å². The Hall–Kier alpha value is -3.01. The van der Waals surface area contributed by atoms with Crippen LogP contribution in [-0.4, -0.2) is 88.0 Å². The van der Waals surface area contributed by atoms with Gasteiger partial charge in [0, 0.05) is 43.3 Å². The summed E-state index contributed by atoms with van der Waals surface area (Å²) in [5, 5.41) is 11.4. The van der Waals surface area contributed by atoms with Gasteiger partial charge < -0.3 is 24.5 Å². The molecule has 230 valence electrons. The van der Waals surface area contributed by atoms with Crippen LogP contribution < -0.4 is 4.90 Å². The number of alkyl halides is 1. The lowest BCUT2D eigenvalue weighted by molar-refractivity contribution is -0.145. The standard InChI is InChI=1S/C34H42BrN3O5/c1-4-16-36(17-5-2)31(40)27-28-32(41)38(19-10-7-11-20-39)30(34(28)22-26(35)29(27)43-34)33(42)37(18-6-3)25-15-14-23-12-8-9-13-24(23)21-25/h4,6,8-9,12-15,21,26-30,39H,1,3,5,7,10-11,16-20,22H2,2H3/t26?,27-,28-,29-,30?,34?/m0/s1. The fraction of sp³-hybridized carbons (Fsp3) is 0.500. The predicted molar refractivity (Wildman–Crippen MR) is 172 cm³/mol. The molecule has 3 heterocycles. The van der Waals surface area contributed by atoms with E-state index in [2.05, 4.69) is 29.1 Å². The maximum atomic E-state index is 14.8. The van der Waals surface area contributed by atoms with Crippen molar-refractivity contribution in [1.29, 1.82) is 0 Å². The van der Waals surface area contributed by atoms with Crippen molar-refractivity contribution in [1.82, 2.24) is 9.80 Å². The molecular formula is C34H42BrN3O5. The number of halogens is 1. The number of nitrogens with zero attached hydrogens (tertiary/aromatic N) is 3. The van der Waals surface area contributed by atoms with E-state index in [0.717, 1.165) is 23.6 Å². The minimum absolute atomic E-state index is 0.0706. The average Bonchev–Trinajstić information content (AvgIpc) is 3.60. The van der Waals surface area contributed by atoms with Crippen LogP contribution in [0.15, 0.2) is 67.8 Å². The van der Waals surface area contributed by atoms with Crippen molar-refractivity contribution in [2.45, 2.75) is 61.6 Å². The summed E-state index contributed by atoms with van der Waals surface area (Å²) in [6, 6.07) is 13.0. The lowest BCUT2D eigenvalue weighted by Crippen LogP contribution is -2.57. The number of unbranched alkanes of at least 4 members (excludes halogenated alkanes) is 2. The number of hydrogen-bond acceptors (Lipinski definition) is 5. The molecule has 0 aromatic heterocycles. The normalized spacial score (nSPS) is 27.4. The Labute approximate surface area is 262 Å². The average molecular weight is 653 g/mol. The third-order valence-corrected chi connectivity index (χ3v) is 9.99. The monoisotopic (exact) mass is 651 g/mol. The van der Waals surface area contributed by atoms with Crippen LogP contribution in [0.1, 0.15) is 39.0 Å². The van der Waals surface area contributed by atoms with Crippen molar-refractivity contribution < 1.29 is 24.2 Å². The highest BCUT2D eigenvalue weighted by atomic mass is 79.9. The highest BCUT2D eigenvalue weighted by molar-refractivity contribution is 9.09. The molecule has 2 aromatic carbocycles. The molecule has 1 spiro atoms. The van der Waals surface area contributed by atoms with E-state index in [0.29, 0.717) is 44.6 Å². The minimum Gasteiger partial charge on any atom is -0.396 e. The molecule has 3 amide bonds. The van der Waals surface area contributed by atoms with Gasteiger partial charge >= 0.3 is 0 Å². The maximum absolute atomic E-state index is 14.8. The Morgan fingerprint density at radius 1 is 1.09 bits per heavy atom. The van der Waals surface area contributed by atoms with Gasteiger partial charge in [-0.15, -0.1) is 13.2 Å². The third-order valence-electron chi connectivity index (χ3n) is 9.14. The molecule has 6 atom stereocenters. The SMILES string of the molecule is C=CCN(CCC)C(=O)[C@H]1[C@H]2C(=O)N(CCCCCO)C(C(=O)N(CC=C)c3ccc4ccccc4c3)C23CC(Br)[C@@H]1O3. The first-order valence-electron chi connectivity index (χ1n) is 15.4. The smallest absolute Gasteiger partial charge is 0.253 e. The van der Waals surface area contributed by atoms with E-state index in [1.165, 1.54) is 0 Å². The van der Waals surface area contributed by atoms with Crippen molar-refractivity contribution in [2.75, 3.05) is 37.7 Å². The molecule has 0 aliphatic carbocycles. The van der Waals surface area contributed by atoms with Crippen LogP contribution >= 0.6 is 15.9 Å². The summed E-state index contributed by atoms with van der Waals surface area (Å²) < 4.78 is 6.74. The number of rotatable bonds is 14. The molecule has 2 aromatic rings. The summed E-state index contributed by atoms with van der Waals surface area (Å²) in [5.41, 5.74) is -0.418. The van der Waals surface area contributed by atoms with Crippen LogP contribution in [0.4, 0.5) is 5.69 Å². The number of hydrogen-bond donors (Lipinski definition) is 1. The topological polar surface area (TPSA) is 90.4 Å². The number of anilines is 1. The fourth-order valence-electron chi connectivity index (χ4n) is 7.37. The number of carbonyl (C=O) groups is 3. The first kappa shape index (κ1) is 31.4. The zero-order chi connectivity index (χ0) is 30.7. The molecule has 3 aliphatic rings. The quantitative estimate of drug-likeness (QED) is 0.182. The molecule has 0 saturated carbocycles. The molecule has 8 nitrogen and oxygen atoms in total. The number of fused-ring (bicyclic) bond motifs is 2. The van der Waals surface area contributed by atoms with Crippen LogP contribution in [0.2, 0.25) is 0 Å². The zero-order valence-corrected chi connectivity index (χ0v) is 26.5. The summed E-state index contributed by atoms with van der Waals surface area (Å²) in [6.45, 7) is 11.4. The van der Waals surface area contributed by atoms with E-state index in [-0.39, 0.29) is 35.7 Å². The van der Waals surface area contributed by atoms with Gasteiger partial charge in [-0.1, -0.05) is 65.3 Å². The van der Waals surface area contributed by atoms with Crippen LogP contribution in [0.5, 0.6) is 0 Å². The number of aliphatic hydroxyl groups excluding tert-OH is 1. The molecule has 9 heteroatoms. The molecule has 1 N–H and O–H groups in total. The summed E-state index contributed by atoms with van der Waals surface area (Å²) in [7, 11) is 0. The van der Waals surface area contributed by atoms with E-state index in [1.54, 1.807) is 26.9 Å². The van der Waals surface area contributed by atoms with Crippen molar-refractivity contribution in [3.8, 4) is 0 Å². The van der Waals surface area contributed by atoms with Gasteiger partial charge in [0.05, 0.1) is 17.9 Å². The van der Waals surface area contributed by atoms with Crippen molar-refractivity contribution in [2.24, 2.45) is 11.8 Å². The Balaban J connectivity index is 1.56. The van der Waals surface area contributed by atoms with E-state index < -0.39 is 29.6 Å². The molecule has 3 unspecified atom stereocenters.